The molecule has 0 radical (unpaired) electrons. The maximum atomic E-state index is 5.09. The minimum atomic E-state index is 0.708. The van der Waals surface area contributed by atoms with Crippen molar-refractivity contribution >= 4 is 17.3 Å². The van der Waals surface area contributed by atoms with Crippen molar-refractivity contribution in [2.75, 3.05) is 6.54 Å². The number of hydrogen-bond acceptors (Lipinski definition) is 2. The topological polar surface area (TPSA) is 37.2 Å². The maximum absolute atomic E-state index is 5.09. The van der Waals surface area contributed by atoms with Gasteiger partial charge in [-0.2, -0.15) is 0 Å². The van der Waals surface area contributed by atoms with Crippen molar-refractivity contribution in [3.8, 4) is 0 Å². The van der Waals surface area contributed by atoms with Gasteiger partial charge in [-0.3, -0.25) is 0 Å². The van der Waals surface area contributed by atoms with Gasteiger partial charge in [0.2, 0.25) is 0 Å². The average Bonchev–Trinajstić information content (AvgIpc) is 2.68. The third-order valence-electron chi connectivity index (χ3n) is 1.85. The third kappa shape index (κ3) is 4.28. The highest BCUT2D eigenvalue weighted by Gasteiger charge is 1.96. The first kappa shape index (κ1) is 11.0. The fourth-order valence-corrected chi connectivity index (χ4v) is 1.19. The Labute approximate surface area is 89.9 Å². The Hall–Kier alpha value is -1.03. The predicted molar refractivity (Wildman–Crippen MR) is 61.1 cm³/mol. The number of rotatable bonds is 5. The van der Waals surface area contributed by atoms with Crippen molar-refractivity contribution in [2.45, 2.75) is 26.3 Å². The molecule has 0 atom stereocenters. The van der Waals surface area contributed by atoms with Crippen LogP contribution in [0.4, 0.5) is 0 Å². The maximum Gasteiger partial charge on any atom is 0.166 e. The lowest BCUT2D eigenvalue weighted by Gasteiger charge is -2.08. The summed E-state index contributed by atoms with van der Waals surface area (Å²) < 4.78 is 4.94. The van der Waals surface area contributed by atoms with Crippen molar-refractivity contribution in [1.82, 2.24) is 10.6 Å². The molecule has 0 aliphatic carbocycles. The van der Waals surface area contributed by atoms with Crippen molar-refractivity contribution in [2.24, 2.45) is 0 Å². The summed E-state index contributed by atoms with van der Waals surface area (Å²) >= 11 is 5.09. The number of nitrogens with one attached hydrogen (secondary N) is 2. The summed E-state index contributed by atoms with van der Waals surface area (Å²) in [6.45, 7) is 3.81. The van der Waals surface area contributed by atoms with Crippen molar-refractivity contribution in [1.29, 1.82) is 0 Å². The number of thiocarbonyl (C=S) groups is 1. The molecular weight excluding hydrogens is 196 g/mol. The van der Waals surface area contributed by atoms with E-state index in [0.29, 0.717) is 11.7 Å². The Bertz CT molecular complexity index is 259. The molecule has 0 saturated carbocycles. The van der Waals surface area contributed by atoms with Crippen LogP contribution in [-0.4, -0.2) is 11.7 Å². The molecule has 1 heterocycles. The average molecular weight is 212 g/mol. The van der Waals surface area contributed by atoms with E-state index in [1.54, 1.807) is 12.5 Å². The van der Waals surface area contributed by atoms with Crippen LogP contribution in [0.3, 0.4) is 0 Å². The molecule has 0 bridgehead atoms. The zero-order valence-corrected chi connectivity index (χ0v) is 9.19. The fourth-order valence-electron chi connectivity index (χ4n) is 1.02. The van der Waals surface area contributed by atoms with E-state index in [9.17, 15) is 0 Å². The fraction of sp³-hybridized carbons (Fsp3) is 0.500. The van der Waals surface area contributed by atoms with Crippen LogP contribution in [0.25, 0.3) is 0 Å². The van der Waals surface area contributed by atoms with Crippen LogP contribution in [0.15, 0.2) is 23.0 Å². The molecule has 0 spiro atoms. The number of hydrogen-bond donors (Lipinski definition) is 2. The molecule has 14 heavy (non-hydrogen) atoms. The lowest BCUT2D eigenvalue weighted by molar-refractivity contribution is 0.563. The van der Waals surface area contributed by atoms with Gasteiger partial charge in [-0.15, -0.1) is 0 Å². The molecule has 1 aromatic rings. The van der Waals surface area contributed by atoms with E-state index in [4.69, 9.17) is 16.6 Å². The number of unbranched alkanes of at least 4 members (excludes halogenated alkanes) is 1. The van der Waals surface area contributed by atoms with Gasteiger partial charge in [-0.25, -0.2) is 0 Å². The van der Waals surface area contributed by atoms with E-state index >= 15 is 0 Å². The molecule has 0 fully saturated rings. The summed E-state index contributed by atoms with van der Waals surface area (Å²) in [5, 5.41) is 6.95. The van der Waals surface area contributed by atoms with Crippen molar-refractivity contribution < 1.29 is 4.42 Å². The van der Waals surface area contributed by atoms with Crippen molar-refractivity contribution in [3.05, 3.63) is 24.2 Å². The van der Waals surface area contributed by atoms with E-state index in [0.717, 1.165) is 18.5 Å². The molecule has 0 saturated heterocycles. The second-order valence-corrected chi connectivity index (χ2v) is 3.50. The summed E-state index contributed by atoms with van der Waals surface area (Å²) in [6, 6.07) is 1.92. The van der Waals surface area contributed by atoms with Crippen molar-refractivity contribution in [3.63, 3.8) is 0 Å². The van der Waals surface area contributed by atoms with Crippen LogP contribution in [0, 0.1) is 0 Å². The Morgan fingerprint density at radius 3 is 3.00 bits per heavy atom. The van der Waals surface area contributed by atoms with E-state index in [1.165, 1.54) is 6.42 Å². The lowest BCUT2D eigenvalue weighted by atomic mass is 10.3. The molecule has 78 valence electrons. The second-order valence-electron chi connectivity index (χ2n) is 3.09. The van der Waals surface area contributed by atoms with E-state index in [2.05, 4.69) is 17.6 Å². The molecule has 2 N–H and O–H groups in total. The quantitative estimate of drug-likeness (QED) is 0.578. The van der Waals surface area contributed by atoms with Crippen LogP contribution in [0.1, 0.15) is 25.3 Å². The number of furan rings is 1. The zero-order chi connectivity index (χ0) is 10.2. The molecule has 0 unspecified atom stereocenters. The summed E-state index contributed by atoms with van der Waals surface area (Å²) in [5.74, 6) is 0. The standard InChI is InChI=1S/C10H16N2OS/c1-2-3-5-11-10(14)12-7-9-4-6-13-8-9/h4,6,8H,2-3,5,7H2,1H3,(H2,11,12,14). The Kier molecular flexibility index (Phi) is 5.07. The van der Waals surface area contributed by atoms with Gasteiger partial charge in [0, 0.05) is 18.7 Å². The lowest BCUT2D eigenvalue weighted by Crippen LogP contribution is -2.35. The second kappa shape index (κ2) is 6.43. The Morgan fingerprint density at radius 2 is 2.36 bits per heavy atom. The molecule has 0 aliphatic rings. The summed E-state index contributed by atoms with van der Waals surface area (Å²) in [4.78, 5) is 0. The first-order chi connectivity index (χ1) is 6.83. The van der Waals surface area contributed by atoms with Gasteiger partial charge in [0.1, 0.15) is 0 Å². The first-order valence-corrected chi connectivity index (χ1v) is 5.26. The summed E-state index contributed by atoms with van der Waals surface area (Å²) in [7, 11) is 0. The van der Waals surface area contributed by atoms with Gasteiger partial charge >= 0.3 is 0 Å². The smallest absolute Gasteiger partial charge is 0.166 e. The van der Waals surface area contributed by atoms with Crippen LogP contribution < -0.4 is 10.6 Å². The Balaban J connectivity index is 2.09. The molecule has 1 rings (SSSR count). The molecule has 3 nitrogen and oxygen atoms in total. The van der Waals surface area contributed by atoms with Gasteiger partial charge in [0.25, 0.3) is 0 Å². The van der Waals surface area contributed by atoms with E-state index in [1.807, 2.05) is 6.07 Å². The molecule has 0 aromatic carbocycles. The van der Waals surface area contributed by atoms with Gasteiger partial charge < -0.3 is 15.1 Å². The molecule has 4 heteroatoms. The normalized spacial score (nSPS) is 9.79. The van der Waals surface area contributed by atoms with E-state index < -0.39 is 0 Å². The van der Waals surface area contributed by atoms with Gasteiger partial charge in [0.05, 0.1) is 12.5 Å². The van der Waals surface area contributed by atoms with Crippen LogP contribution in [0.2, 0.25) is 0 Å². The summed E-state index contributed by atoms with van der Waals surface area (Å²) in [6.07, 6.45) is 5.69. The van der Waals surface area contributed by atoms with Gasteiger partial charge in [0.15, 0.2) is 5.11 Å². The highest BCUT2D eigenvalue weighted by atomic mass is 32.1. The highest BCUT2D eigenvalue weighted by molar-refractivity contribution is 7.80. The van der Waals surface area contributed by atoms with Crippen LogP contribution in [0.5, 0.6) is 0 Å². The monoisotopic (exact) mass is 212 g/mol. The first-order valence-electron chi connectivity index (χ1n) is 4.85. The summed E-state index contributed by atoms with van der Waals surface area (Å²) in [5.41, 5.74) is 1.10. The SMILES string of the molecule is CCCCNC(=S)NCc1ccoc1. The third-order valence-corrected chi connectivity index (χ3v) is 2.14. The largest absolute Gasteiger partial charge is 0.472 e. The van der Waals surface area contributed by atoms with E-state index in [-0.39, 0.29) is 0 Å². The molecule has 1 aromatic heterocycles. The minimum absolute atomic E-state index is 0.708. The Morgan fingerprint density at radius 1 is 1.50 bits per heavy atom. The predicted octanol–water partition coefficient (Wildman–Crippen LogP) is 2.04. The van der Waals surface area contributed by atoms with Crippen LogP contribution >= 0.6 is 12.2 Å². The minimum Gasteiger partial charge on any atom is -0.472 e. The van der Waals surface area contributed by atoms with Crippen LogP contribution in [-0.2, 0) is 6.54 Å². The highest BCUT2D eigenvalue weighted by Crippen LogP contribution is 1.98. The molecular formula is C10H16N2OS. The van der Waals surface area contributed by atoms with Gasteiger partial charge in [-0.05, 0) is 24.7 Å². The molecule has 0 amide bonds. The zero-order valence-electron chi connectivity index (χ0n) is 8.38. The van der Waals surface area contributed by atoms with Gasteiger partial charge in [-0.1, -0.05) is 13.3 Å². The molecule has 0 aliphatic heterocycles.